The number of thioether (sulfide) groups is 1. The standard InChI is InChI=1S/C22H29FN2O4S/c1-4-30-21-20(22(26)27)15(2)10-19(24-8-9-29-14-18(24)13-28-3)25(21)12-16-6-5-7-17(23)11-16/h5-7,10-11,18,21H,4,8-9,12-14H2,1-3H3,(H,26,27)/t18-,21?/m0/s1. The molecule has 0 aliphatic carbocycles. The molecule has 164 valence electrons. The van der Waals surface area contributed by atoms with Crippen LogP contribution in [0.1, 0.15) is 19.4 Å². The van der Waals surface area contributed by atoms with Crippen molar-refractivity contribution in [2.45, 2.75) is 31.8 Å². The number of methoxy groups -OCH3 is 1. The van der Waals surface area contributed by atoms with Crippen molar-refractivity contribution < 1.29 is 23.8 Å². The zero-order valence-corrected chi connectivity index (χ0v) is 18.5. The van der Waals surface area contributed by atoms with E-state index in [-0.39, 0.29) is 17.2 Å². The molecular weight excluding hydrogens is 407 g/mol. The van der Waals surface area contributed by atoms with Crippen LogP contribution in [0.4, 0.5) is 4.39 Å². The predicted molar refractivity (Wildman–Crippen MR) is 115 cm³/mol. The summed E-state index contributed by atoms with van der Waals surface area (Å²) in [5.74, 6) is 0.460. The quantitative estimate of drug-likeness (QED) is 0.671. The second-order valence-corrected chi connectivity index (χ2v) is 8.70. The Morgan fingerprint density at radius 2 is 2.23 bits per heavy atom. The van der Waals surface area contributed by atoms with Crippen LogP contribution < -0.4 is 0 Å². The maximum absolute atomic E-state index is 13.9. The molecule has 0 saturated carbocycles. The van der Waals surface area contributed by atoms with E-state index in [2.05, 4.69) is 9.80 Å². The van der Waals surface area contributed by atoms with Crippen LogP contribution in [0, 0.1) is 5.82 Å². The average molecular weight is 437 g/mol. The summed E-state index contributed by atoms with van der Waals surface area (Å²) in [6.07, 6.45) is 1.93. The molecule has 6 nitrogen and oxygen atoms in total. The Morgan fingerprint density at radius 1 is 1.43 bits per heavy atom. The van der Waals surface area contributed by atoms with Crippen LogP contribution in [0.3, 0.4) is 0 Å². The lowest BCUT2D eigenvalue weighted by Gasteiger charge is -2.47. The van der Waals surface area contributed by atoms with E-state index in [0.29, 0.717) is 38.5 Å². The fraction of sp³-hybridized carbons (Fsp3) is 0.500. The molecule has 1 N–H and O–H groups in total. The van der Waals surface area contributed by atoms with Crippen LogP contribution in [0.2, 0.25) is 0 Å². The number of hydrogen-bond donors (Lipinski definition) is 1. The molecule has 1 aromatic carbocycles. The molecule has 1 fully saturated rings. The Balaban J connectivity index is 2.06. The first-order chi connectivity index (χ1) is 14.5. The molecule has 2 aliphatic rings. The number of carbonyl (C=O) groups is 1. The minimum Gasteiger partial charge on any atom is -0.478 e. The molecule has 2 atom stereocenters. The molecule has 1 unspecified atom stereocenters. The number of carboxylic acids is 1. The van der Waals surface area contributed by atoms with E-state index in [1.807, 2.05) is 26.0 Å². The summed E-state index contributed by atoms with van der Waals surface area (Å²) < 4.78 is 24.9. The minimum atomic E-state index is -0.923. The van der Waals surface area contributed by atoms with Crippen molar-refractivity contribution in [2.75, 3.05) is 39.2 Å². The Kier molecular flexibility index (Phi) is 7.80. The van der Waals surface area contributed by atoms with Crippen LogP contribution in [0.15, 0.2) is 47.3 Å². The number of benzene rings is 1. The van der Waals surface area contributed by atoms with Crippen molar-refractivity contribution in [3.8, 4) is 0 Å². The maximum Gasteiger partial charge on any atom is 0.334 e. The van der Waals surface area contributed by atoms with Gasteiger partial charge >= 0.3 is 5.97 Å². The highest BCUT2D eigenvalue weighted by atomic mass is 32.2. The molecule has 0 aromatic heterocycles. The van der Waals surface area contributed by atoms with Crippen LogP contribution in [-0.2, 0) is 20.8 Å². The summed E-state index contributed by atoms with van der Waals surface area (Å²) >= 11 is 1.57. The summed E-state index contributed by atoms with van der Waals surface area (Å²) in [6.45, 7) is 6.58. The van der Waals surface area contributed by atoms with Gasteiger partial charge in [-0.25, -0.2) is 9.18 Å². The van der Waals surface area contributed by atoms with E-state index in [9.17, 15) is 14.3 Å². The van der Waals surface area contributed by atoms with E-state index in [4.69, 9.17) is 9.47 Å². The van der Waals surface area contributed by atoms with Gasteiger partial charge in [0.2, 0.25) is 0 Å². The largest absolute Gasteiger partial charge is 0.478 e. The van der Waals surface area contributed by atoms with Gasteiger partial charge < -0.3 is 24.4 Å². The Hall–Kier alpha value is -2.03. The summed E-state index contributed by atoms with van der Waals surface area (Å²) in [5, 5.41) is 9.55. The third-order valence-electron chi connectivity index (χ3n) is 5.27. The van der Waals surface area contributed by atoms with Crippen molar-refractivity contribution in [2.24, 2.45) is 0 Å². The summed E-state index contributed by atoms with van der Waals surface area (Å²) in [7, 11) is 1.66. The van der Waals surface area contributed by atoms with E-state index >= 15 is 0 Å². The van der Waals surface area contributed by atoms with Gasteiger partial charge in [-0.1, -0.05) is 19.1 Å². The van der Waals surface area contributed by atoms with Gasteiger partial charge in [-0.2, -0.15) is 0 Å². The predicted octanol–water partition coefficient (Wildman–Crippen LogP) is 3.31. The third kappa shape index (κ3) is 4.99. The molecule has 1 aromatic rings. The van der Waals surface area contributed by atoms with Crippen molar-refractivity contribution in [3.63, 3.8) is 0 Å². The van der Waals surface area contributed by atoms with Crippen molar-refractivity contribution in [1.29, 1.82) is 0 Å². The van der Waals surface area contributed by atoms with Gasteiger partial charge in [-0.3, -0.25) is 0 Å². The highest BCUT2D eigenvalue weighted by Gasteiger charge is 2.37. The number of morpholine rings is 1. The minimum absolute atomic E-state index is 0.0245. The average Bonchev–Trinajstić information content (AvgIpc) is 2.70. The number of allylic oxidation sites excluding steroid dienone is 2. The van der Waals surface area contributed by atoms with Crippen LogP contribution in [0.5, 0.6) is 0 Å². The first-order valence-corrected chi connectivity index (χ1v) is 11.1. The van der Waals surface area contributed by atoms with Crippen molar-refractivity contribution >= 4 is 17.7 Å². The van der Waals surface area contributed by atoms with Crippen molar-refractivity contribution in [3.05, 3.63) is 58.7 Å². The molecule has 3 rings (SSSR count). The number of nitrogens with zero attached hydrogens (tertiary/aromatic N) is 2. The smallest absolute Gasteiger partial charge is 0.334 e. The molecule has 30 heavy (non-hydrogen) atoms. The van der Waals surface area contributed by atoms with E-state index < -0.39 is 5.97 Å². The number of halogens is 1. The van der Waals surface area contributed by atoms with Crippen LogP contribution in [0.25, 0.3) is 0 Å². The molecule has 2 aliphatic heterocycles. The number of aliphatic carboxylic acids is 1. The molecule has 0 amide bonds. The second-order valence-electron chi connectivity index (χ2n) is 7.35. The first-order valence-electron chi connectivity index (χ1n) is 10.1. The van der Waals surface area contributed by atoms with Gasteiger partial charge in [-0.05, 0) is 42.0 Å². The lowest BCUT2D eigenvalue weighted by Crippen LogP contribution is -2.53. The SMILES string of the molecule is CCSC1C(C(=O)O)=C(C)C=C(N2CCOC[C@@H]2COC)N1Cc1cccc(F)c1. The van der Waals surface area contributed by atoms with Gasteiger partial charge in [0.05, 0.1) is 31.4 Å². The highest BCUT2D eigenvalue weighted by Crippen LogP contribution is 2.37. The lowest BCUT2D eigenvalue weighted by molar-refractivity contribution is -0.133. The molecule has 0 spiro atoms. The molecular formula is C22H29FN2O4S. The number of ether oxygens (including phenoxy) is 2. The van der Waals surface area contributed by atoms with Crippen LogP contribution >= 0.6 is 11.8 Å². The van der Waals surface area contributed by atoms with E-state index in [0.717, 1.165) is 22.7 Å². The monoisotopic (exact) mass is 436 g/mol. The molecule has 0 bridgehead atoms. The Labute approximate surface area is 181 Å². The fourth-order valence-electron chi connectivity index (χ4n) is 3.96. The van der Waals surface area contributed by atoms with Gasteiger partial charge in [0.15, 0.2) is 0 Å². The molecule has 8 heteroatoms. The van der Waals surface area contributed by atoms with Gasteiger partial charge in [0.25, 0.3) is 0 Å². The number of rotatable bonds is 8. The van der Waals surface area contributed by atoms with Gasteiger partial charge in [0.1, 0.15) is 17.0 Å². The summed E-state index contributed by atoms with van der Waals surface area (Å²) in [4.78, 5) is 16.4. The Bertz CT molecular complexity index is 827. The Morgan fingerprint density at radius 3 is 2.90 bits per heavy atom. The van der Waals surface area contributed by atoms with E-state index in [1.165, 1.54) is 12.1 Å². The van der Waals surface area contributed by atoms with Crippen molar-refractivity contribution in [1.82, 2.24) is 9.80 Å². The number of carboxylic acid groups (broad SMARTS) is 1. The molecule has 0 radical (unpaired) electrons. The molecule has 2 heterocycles. The van der Waals surface area contributed by atoms with Crippen LogP contribution in [-0.4, -0.2) is 71.5 Å². The third-order valence-corrected chi connectivity index (χ3v) is 6.41. The number of hydrogen-bond acceptors (Lipinski definition) is 6. The summed E-state index contributed by atoms with van der Waals surface area (Å²) in [5.41, 5.74) is 1.91. The fourth-order valence-corrected chi connectivity index (χ4v) is 5.09. The molecule has 1 saturated heterocycles. The van der Waals surface area contributed by atoms with E-state index in [1.54, 1.807) is 24.9 Å². The second kappa shape index (κ2) is 10.3. The lowest BCUT2D eigenvalue weighted by atomic mass is 10.0. The highest BCUT2D eigenvalue weighted by molar-refractivity contribution is 8.00. The zero-order chi connectivity index (χ0) is 21.7. The maximum atomic E-state index is 13.9. The van der Waals surface area contributed by atoms with Gasteiger partial charge in [0, 0.05) is 20.2 Å². The zero-order valence-electron chi connectivity index (χ0n) is 17.6. The normalized spacial score (nSPS) is 22.3. The first kappa shape index (κ1) is 22.7. The topological polar surface area (TPSA) is 62.2 Å². The summed E-state index contributed by atoms with van der Waals surface area (Å²) in [6, 6.07) is 6.49. The van der Waals surface area contributed by atoms with Gasteiger partial charge in [-0.15, -0.1) is 11.8 Å².